The van der Waals surface area contributed by atoms with Crippen LogP contribution in [0.2, 0.25) is 0 Å². The zero-order valence-corrected chi connectivity index (χ0v) is 14.3. The lowest BCUT2D eigenvalue weighted by Crippen LogP contribution is -2.60. The van der Waals surface area contributed by atoms with E-state index in [2.05, 4.69) is 10.6 Å². The summed E-state index contributed by atoms with van der Waals surface area (Å²) >= 11 is 0. The second kappa shape index (κ2) is 8.32. The van der Waals surface area contributed by atoms with Crippen LogP contribution in [0.3, 0.4) is 0 Å². The molecule has 1 aliphatic rings. The number of nitrogens with zero attached hydrogens (tertiary/aromatic N) is 1. The van der Waals surface area contributed by atoms with Gasteiger partial charge in [0.25, 0.3) is 0 Å². The van der Waals surface area contributed by atoms with Crippen molar-refractivity contribution in [2.75, 3.05) is 27.2 Å². The van der Waals surface area contributed by atoms with Crippen molar-refractivity contribution in [1.29, 1.82) is 0 Å². The average molecular weight is 342 g/mol. The van der Waals surface area contributed by atoms with Crippen LogP contribution in [0.15, 0.2) is 0 Å². The van der Waals surface area contributed by atoms with Crippen molar-refractivity contribution < 1.29 is 24.3 Å². The number of carboxylic acid groups (broad SMARTS) is 1. The molecule has 0 bridgehead atoms. The summed E-state index contributed by atoms with van der Waals surface area (Å²) in [4.78, 5) is 49.0. The molecular weight excluding hydrogens is 316 g/mol. The minimum absolute atomic E-state index is 0.0364. The van der Waals surface area contributed by atoms with Gasteiger partial charge < -0.3 is 26.4 Å². The van der Waals surface area contributed by atoms with Crippen molar-refractivity contribution in [3.63, 3.8) is 0 Å². The first-order chi connectivity index (χ1) is 11.1. The highest BCUT2D eigenvalue weighted by molar-refractivity contribution is 6.13. The van der Waals surface area contributed by atoms with Crippen molar-refractivity contribution in [2.45, 2.75) is 43.8 Å². The molecule has 0 aliphatic carbocycles. The minimum atomic E-state index is -1.66. The number of likely N-dealkylation sites (N-methyl/N-ethyl adjacent to an activating group) is 2. The lowest BCUT2D eigenvalue weighted by atomic mass is 9.87. The topological polar surface area (TPSA) is 142 Å². The summed E-state index contributed by atoms with van der Waals surface area (Å²) < 4.78 is 0. The van der Waals surface area contributed by atoms with E-state index < -0.39 is 35.3 Å². The third-order valence-electron chi connectivity index (χ3n) is 4.41. The molecule has 24 heavy (non-hydrogen) atoms. The van der Waals surface area contributed by atoms with Crippen LogP contribution in [-0.2, 0) is 19.2 Å². The second-order valence-corrected chi connectivity index (χ2v) is 6.15. The maximum Gasteiger partial charge on any atom is 0.303 e. The molecule has 1 aliphatic heterocycles. The number of amides is 1. The molecule has 0 radical (unpaired) electrons. The lowest BCUT2D eigenvalue weighted by Gasteiger charge is -2.27. The molecule has 0 unspecified atom stereocenters. The van der Waals surface area contributed by atoms with Crippen LogP contribution in [0, 0.1) is 0 Å². The third kappa shape index (κ3) is 4.59. The molecule has 5 N–H and O–H groups in total. The van der Waals surface area contributed by atoms with Gasteiger partial charge in [0.15, 0.2) is 17.1 Å². The molecule has 0 saturated carbocycles. The Morgan fingerprint density at radius 2 is 2.04 bits per heavy atom. The Balaban J connectivity index is 2.84. The van der Waals surface area contributed by atoms with E-state index in [1.807, 2.05) is 0 Å². The van der Waals surface area contributed by atoms with Gasteiger partial charge in [-0.1, -0.05) is 0 Å². The number of hydrogen-bond acceptors (Lipinski definition) is 7. The fraction of sp³-hybridized carbons (Fsp3) is 0.733. The predicted octanol–water partition coefficient (Wildman–Crippen LogP) is -1.88. The van der Waals surface area contributed by atoms with E-state index in [4.69, 9.17) is 10.8 Å². The van der Waals surface area contributed by atoms with Crippen LogP contribution in [0.4, 0.5) is 0 Å². The zero-order valence-electron chi connectivity index (χ0n) is 14.3. The number of ketones is 2. The molecule has 1 amide bonds. The van der Waals surface area contributed by atoms with Crippen molar-refractivity contribution in [3.05, 3.63) is 0 Å². The molecule has 1 saturated heterocycles. The van der Waals surface area contributed by atoms with Gasteiger partial charge in [0, 0.05) is 20.0 Å². The Bertz CT molecular complexity index is 524. The molecule has 0 aromatic rings. The van der Waals surface area contributed by atoms with Crippen LogP contribution in [0.1, 0.15) is 26.2 Å². The van der Waals surface area contributed by atoms with Gasteiger partial charge in [0.1, 0.15) is 0 Å². The van der Waals surface area contributed by atoms with Gasteiger partial charge in [-0.05, 0) is 26.8 Å². The summed E-state index contributed by atoms with van der Waals surface area (Å²) in [6, 6.07) is -1.37. The molecule has 0 aromatic carbocycles. The van der Waals surface area contributed by atoms with E-state index in [9.17, 15) is 19.2 Å². The van der Waals surface area contributed by atoms with Crippen LogP contribution < -0.4 is 16.4 Å². The Morgan fingerprint density at radius 3 is 2.50 bits per heavy atom. The van der Waals surface area contributed by atoms with Crippen molar-refractivity contribution >= 4 is 23.4 Å². The van der Waals surface area contributed by atoms with Crippen LogP contribution >= 0.6 is 0 Å². The van der Waals surface area contributed by atoms with E-state index >= 15 is 0 Å². The van der Waals surface area contributed by atoms with Gasteiger partial charge in [0.2, 0.25) is 5.91 Å². The van der Waals surface area contributed by atoms with Gasteiger partial charge in [-0.25, -0.2) is 0 Å². The van der Waals surface area contributed by atoms with E-state index in [0.29, 0.717) is 6.54 Å². The monoisotopic (exact) mass is 342 g/mol. The van der Waals surface area contributed by atoms with E-state index in [1.165, 1.54) is 4.90 Å². The van der Waals surface area contributed by atoms with Crippen molar-refractivity contribution in [2.24, 2.45) is 5.73 Å². The van der Waals surface area contributed by atoms with Crippen LogP contribution in [0.25, 0.3) is 0 Å². The van der Waals surface area contributed by atoms with E-state index in [-0.39, 0.29) is 31.6 Å². The summed E-state index contributed by atoms with van der Waals surface area (Å²) in [7, 11) is 3.19. The number of Topliss-reactive ketones (excluding diaryl/α,β-unsaturated/α-hetero) is 2. The molecule has 9 nitrogen and oxygen atoms in total. The maximum atomic E-state index is 12.7. The third-order valence-corrected chi connectivity index (χ3v) is 4.41. The number of likely N-dealkylation sites (tertiary alicyclic amines) is 1. The Kier molecular flexibility index (Phi) is 7.00. The average Bonchev–Trinajstić information content (AvgIpc) is 2.81. The smallest absolute Gasteiger partial charge is 0.303 e. The Hall–Kier alpha value is -1.84. The molecule has 0 spiro atoms. The number of carboxylic acids is 1. The molecule has 0 aromatic heterocycles. The highest BCUT2D eigenvalue weighted by atomic mass is 16.4. The highest BCUT2D eigenvalue weighted by Crippen LogP contribution is 2.22. The Morgan fingerprint density at radius 1 is 1.42 bits per heavy atom. The maximum absolute atomic E-state index is 12.7. The summed E-state index contributed by atoms with van der Waals surface area (Å²) in [5.41, 5.74) is 4.35. The molecule has 1 heterocycles. The molecule has 1 fully saturated rings. The molecule has 136 valence electrons. The SMILES string of the molecule is CN[C@@H](C)C(=O)CN[C@@H](CCC(=O)O)C(=O)[C@@]1(N)CCN(C)C1=O. The van der Waals surface area contributed by atoms with Crippen LogP contribution in [-0.4, -0.2) is 78.3 Å². The van der Waals surface area contributed by atoms with E-state index in [0.717, 1.165) is 0 Å². The normalized spacial score (nSPS) is 23.2. The first-order valence-electron chi connectivity index (χ1n) is 7.87. The molecule has 1 rings (SSSR count). The first-order valence-corrected chi connectivity index (χ1v) is 7.87. The van der Waals surface area contributed by atoms with Crippen LogP contribution in [0.5, 0.6) is 0 Å². The summed E-state index contributed by atoms with van der Waals surface area (Å²) in [6.07, 6.45) is -0.127. The minimum Gasteiger partial charge on any atom is -0.481 e. The van der Waals surface area contributed by atoms with Gasteiger partial charge in [-0.15, -0.1) is 0 Å². The van der Waals surface area contributed by atoms with Gasteiger partial charge >= 0.3 is 5.97 Å². The Labute approximate surface area is 140 Å². The molecular formula is C15H26N4O5. The second-order valence-electron chi connectivity index (χ2n) is 6.15. The highest BCUT2D eigenvalue weighted by Gasteiger charge is 2.50. The number of hydrogen-bond donors (Lipinski definition) is 4. The zero-order chi connectivity index (χ0) is 18.5. The fourth-order valence-corrected chi connectivity index (χ4v) is 2.56. The fourth-order valence-electron chi connectivity index (χ4n) is 2.56. The van der Waals surface area contributed by atoms with E-state index in [1.54, 1.807) is 21.0 Å². The standard InChI is InChI=1S/C15H26N4O5/c1-9(17-2)11(20)8-18-10(4-5-12(21)22)13(23)15(16)6-7-19(3)14(15)24/h9-10,17-18H,4-8,16H2,1-3H3,(H,21,22)/t9-,10-,15-/m0/s1. The summed E-state index contributed by atoms with van der Waals surface area (Å²) in [5, 5.41) is 14.4. The van der Waals surface area contributed by atoms with Crippen molar-refractivity contribution in [3.8, 4) is 0 Å². The summed E-state index contributed by atoms with van der Waals surface area (Å²) in [6.45, 7) is 1.93. The largest absolute Gasteiger partial charge is 0.481 e. The van der Waals surface area contributed by atoms with Gasteiger partial charge in [-0.3, -0.25) is 19.2 Å². The van der Waals surface area contributed by atoms with Gasteiger partial charge in [0.05, 0.1) is 18.6 Å². The molecule has 9 heteroatoms. The van der Waals surface area contributed by atoms with Crippen molar-refractivity contribution in [1.82, 2.24) is 15.5 Å². The lowest BCUT2D eigenvalue weighted by molar-refractivity contribution is -0.139. The predicted molar refractivity (Wildman–Crippen MR) is 86.4 cm³/mol. The number of nitrogens with one attached hydrogen (secondary N) is 2. The number of aliphatic carboxylic acids is 1. The molecule has 3 atom stereocenters. The quantitative estimate of drug-likeness (QED) is 0.338. The van der Waals surface area contributed by atoms with Gasteiger partial charge in [-0.2, -0.15) is 0 Å². The first kappa shape index (κ1) is 20.2. The number of carbonyl (C=O) groups is 4. The number of rotatable bonds is 10. The number of carbonyl (C=O) groups excluding carboxylic acids is 3. The number of nitrogens with two attached hydrogens (primary N) is 1. The summed E-state index contributed by atoms with van der Waals surface area (Å²) in [5.74, 6) is -2.29.